The van der Waals surface area contributed by atoms with Crippen molar-refractivity contribution in [3.8, 4) is 11.5 Å². The molecule has 2 N–H and O–H groups in total. The molecule has 1 aromatic rings. The van der Waals surface area contributed by atoms with Gasteiger partial charge >= 0.3 is 0 Å². The van der Waals surface area contributed by atoms with Crippen LogP contribution in [0.25, 0.3) is 0 Å². The molecule has 2 aliphatic rings. The Morgan fingerprint density at radius 2 is 1.84 bits per heavy atom. The summed E-state index contributed by atoms with van der Waals surface area (Å²) in [5, 5.41) is 19.9. The molecule has 1 aromatic carbocycles. The van der Waals surface area contributed by atoms with Gasteiger partial charge in [0.2, 0.25) is 0 Å². The maximum Gasteiger partial charge on any atom is 0.161 e. The number of β-amino-alcohol motifs (C(OH)–C–C–N with tert-alkyl or cyclic N) is 1. The third-order valence-electron chi connectivity index (χ3n) is 6.35. The summed E-state index contributed by atoms with van der Waals surface area (Å²) in [6.07, 6.45) is 4.68. The van der Waals surface area contributed by atoms with Crippen molar-refractivity contribution in [2.24, 2.45) is 0 Å². The van der Waals surface area contributed by atoms with Gasteiger partial charge in [0.1, 0.15) is 12.7 Å². The van der Waals surface area contributed by atoms with E-state index in [0.29, 0.717) is 18.0 Å². The molecule has 1 atom stereocenters. The molecule has 1 unspecified atom stereocenters. The third kappa shape index (κ3) is 8.24. The van der Waals surface area contributed by atoms with E-state index >= 15 is 0 Å². The van der Waals surface area contributed by atoms with Gasteiger partial charge in [0.15, 0.2) is 11.5 Å². The van der Waals surface area contributed by atoms with E-state index in [1.54, 1.807) is 7.11 Å². The van der Waals surface area contributed by atoms with E-state index in [1.807, 2.05) is 12.1 Å². The number of methoxy groups -OCH3 is 1. The highest BCUT2D eigenvalue weighted by molar-refractivity contribution is 5.43. The average molecular weight is 436 g/mol. The lowest BCUT2D eigenvalue weighted by Crippen LogP contribution is -2.41. The molecule has 2 saturated heterocycles. The van der Waals surface area contributed by atoms with Crippen LogP contribution >= 0.6 is 0 Å². The molecule has 2 aliphatic heterocycles. The number of benzene rings is 1. The minimum atomic E-state index is -0.568. The minimum Gasteiger partial charge on any atom is -0.493 e. The first-order chi connectivity index (χ1) is 15.0. The van der Waals surface area contributed by atoms with E-state index in [4.69, 9.17) is 9.47 Å². The van der Waals surface area contributed by atoms with E-state index in [1.165, 1.54) is 44.5 Å². The van der Waals surface area contributed by atoms with E-state index in [0.717, 1.165) is 39.0 Å². The summed E-state index contributed by atoms with van der Waals surface area (Å²) < 4.78 is 11.4. The first-order valence-electron chi connectivity index (χ1n) is 11.8. The zero-order valence-electron chi connectivity index (χ0n) is 19.3. The number of hydrogen-bond acceptors (Lipinski definition) is 7. The van der Waals surface area contributed by atoms with Gasteiger partial charge in [0.25, 0.3) is 0 Å². The number of aliphatic hydroxyl groups excluding tert-OH is 2. The van der Waals surface area contributed by atoms with Gasteiger partial charge in [-0.1, -0.05) is 6.07 Å². The van der Waals surface area contributed by atoms with E-state index in [-0.39, 0.29) is 12.7 Å². The molecule has 7 nitrogen and oxygen atoms in total. The van der Waals surface area contributed by atoms with Gasteiger partial charge in [0.05, 0.1) is 13.2 Å². The molecule has 2 heterocycles. The number of aliphatic hydroxyl groups is 2. The molecule has 0 radical (unpaired) electrons. The first kappa shape index (κ1) is 24.3. The molecule has 0 aromatic heterocycles. The van der Waals surface area contributed by atoms with E-state index in [2.05, 4.69) is 27.8 Å². The molecule has 0 aliphatic carbocycles. The van der Waals surface area contributed by atoms with Gasteiger partial charge < -0.3 is 34.4 Å². The molecule has 0 bridgehead atoms. The highest BCUT2D eigenvalue weighted by Gasteiger charge is 2.20. The van der Waals surface area contributed by atoms with Crippen LogP contribution in [-0.2, 0) is 6.54 Å². The lowest BCUT2D eigenvalue weighted by Gasteiger charge is -2.30. The predicted octanol–water partition coefficient (Wildman–Crippen LogP) is 1.81. The Morgan fingerprint density at radius 3 is 2.55 bits per heavy atom. The van der Waals surface area contributed by atoms with Crippen molar-refractivity contribution in [1.82, 2.24) is 14.7 Å². The molecule has 7 heteroatoms. The number of ether oxygens (including phenoxy) is 2. The van der Waals surface area contributed by atoms with Crippen LogP contribution in [0.3, 0.4) is 0 Å². The third-order valence-corrected chi connectivity index (χ3v) is 6.35. The Kier molecular flexibility index (Phi) is 9.87. The summed E-state index contributed by atoms with van der Waals surface area (Å²) in [5.74, 6) is 1.37. The molecule has 176 valence electrons. The zero-order chi connectivity index (χ0) is 22.1. The van der Waals surface area contributed by atoms with Gasteiger partial charge in [-0.25, -0.2) is 0 Å². The fourth-order valence-corrected chi connectivity index (χ4v) is 4.53. The quantitative estimate of drug-likeness (QED) is 0.519. The summed E-state index contributed by atoms with van der Waals surface area (Å²) in [6.45, 7) is 8.11. The van der Waals surface area contributed by atoms with Crippen LogP contribution in [0.2, 0.25) is 0 Å². The van der Waals surface area contributed by atoms with Crippen LogP contribution in [0.4, 0.5) is 0 Å². The van der Waals surface area contributed by atoms with Gasteiger partial charge in [-0.3, -0.25) is 0 Å². The summed E-state index contributed by atoms with van der Waals surface area (Å²) >= 11 is 0. The molecule has 0 amide bonds. The lowest BCUT2D eigenvalue weighted by molar-refractivity contribution is 0.0333. The van der Waals surface area contributed by atoms with Gasteiger partial charge in [-0.05, 0) is 83.0 Å². The molecular formula is C24H41N3O4. The molecule has 0 saturated carbocycles. The standard InChI is InChI=1S/C24H41N3O4/c1-25(10-5-13-26-11-3-4-12-26)17-20-6-7-23(24(16-20)30-2)31-19-22(29)18-27-14-8-21(28)9-15-27/h6-7,16,21-22,28-29H,3-5,8-15,17-19H2,1-2H3. The van der Waals surface area contributed by atoms with Crippen LogP contribution in [0, 0.1) is 0 Å². The predicted molar refractivity (Wildman–Crippen MR) is 123 cm³/mol. The number of nitrogens with zero attached hydrogens (tertiary/aromatic N) is 3. The Balaban J connectivity index is 1.40. The maximum absolute atomic E-state index is 10.3. The number of likely N-dealkylation sites (tertiary alicyclic amines) is 2. The van der Waals surface area contributed by atoms with Crippen molar-refractivity contribution >= 4 is 0 Å². The zero-order valence-corrected chi connectivity index (χ0v) is 19.3. The Labute approximate surface area is 187 Å². The van der Waals surface area contributed by atoms with E-state index < -0.39 is 6.10 Å². The van der Waals surface area contributed by atoms with Crippen LogP contribution < -0.4 is 9.47 Å². The summed E-state index contributed by atoms with van der Waals surface area (Å²) in [5.41, 5.74) is 1.19. The van der Waals surface area contributed by atoms with Crippen molar-refractivity contribution in [1.29, 1.82) is 0 Å². The van der Waals surface area contributed by atoms with Crippen LogP contribution in [0.5, 0.6) is 11.5 Å². The fraction of sp³-hybridized carbons (Fsp3) is 0.750. The average Bonchev–Trinajstić information content (AvgIpc) is 3.28. The number of hydrogen-bond donors (Lipinski definition) is 2. The number of piperidine rings is 1. The molecule has 31 heavy (non-hydrogen) atoms. The largest absolute Gasteiger partial charge is 0.493 e. The van der Waals surface area contributed by atoms with Gasteiger partial charge in [-0.2, -0.15) is 0 Å². The number of rotatable bonds is 12. The van der Waals surface area contributed by atoms with Gasteiger partial charge in [-0.15, -0.1) is 0 Å². The Hall–Kier alpha value is -1.38. The van der Waals surface area contributed by atoms with Crippen LogP contribution in [-0.4, -0.2) is 104 Å². The minimum absolute atomic E-state index is 0.198. The van der Waals surface area contributed by atoms with Crippen LogP contribution in [0.15, 0.2) is 18.2 Å². The highest BCUT2D eigenvalue weighted by atomic mass is 16.5. The molecular weight excluding hydrogens is 394 g/mol. The van der Waals surface area contributed by atoms with E-state index in [9.17, 15) is 10.2 Å². The molecule has 2 fully saturated rings. The van der Waals surface area contributed by atoms with Crippen molar-refractivity contribution in [2.75, 3.05) is 66.6 Å². The molecule has 0 spiro atoms. The lowest BCUT2D eigenvalue weighted by atomic mass is 10.1. The second-order valence-corrected chi connectivity index (χ2v) is 9.12. The smallest absolute Gasteiger partial charge is 0.161 e. The fourth-order valence-electron chi connectivity index (χ4n) is 4.53. The van der Waals surface area contributed by atoms with Crippen molar-refractivity contribution in [2.45, 2.75) is 50.9 Å². The van der Waals surface area contributed by atoms with Crippen molar-refractivity contribution in [3.63, 3.8) is 0 Å². The molecule has 3 rings (SSSR count). The maximum atomic E-state index is 10.3. The second kappa shape index (κ2) is 12.6. The topological polar surface area (TPSA) is 68.6 Å². The Bertz CT molecular complexity index is 646. The normalized spacial score (nSPS) is 19.8. The Morgan fingerprint density at radius 1 is 1.10 bits per heavy atom. The summed E-state index contributed by atoms with van der Waals surface area (Å²) in [4.78, 5) is 7.09. The van der Waals surface area contributed by atoms with Crippen molar-refractivity contribution < 1.29 is 19.7 Å². The SMILES string of the molecule is COc1cc(CN(C)CCCN2CCCC2)ccc1OCC(O)CN1CCC(O)CC1. The van der Waals surface area contributed by atoms with Gasteiger partial charge in [0, 0.05) is 26.2 Å². The second-order valence-electron chi connectivity index (χ2n) is 9.12. The van der Waals surface area contributed by atoms with Crippen molar-refractivity contribution in [3.05, 3.63) is 23.8 Å². The van der Waals surface area contributed by atoms with Crippen LogP contribution in [0.1, 0.15) is 37.7 Å². The summed E-state index contributed by atoms with van der Waals surface area (Å²) in [6, 6.07) is 6.05. The highest BCUT2D eigenvalue weighted by Crippen LogP contribution is 2.28. The first-order valence-corrected chi connectivity index (χ1v) is 11.8. The monoisotopic (exact) mass is 435 g/mol. The summed E-state index contributed by atoms with van der Waals surface area (Å²) in [7, 11) is 3.82.